The van der Waals surface area contributed by atoms with Crippen molar-refractivity contribution in [1.29, 1.82) is 0 Å². The van der Waals surface area contributed by atoms with E-state index < -0.39 is 17.7 Å². The minimum Gasteiger partial charge on any atom is -0.289 e. The number of fused-ring (bicyclic) bond motifs is 1. The molecule has 0 saturated heterocycles. The summed E-state index contributed by atoms with van der Waals surface area (Å²) in [6.07, 6.45) is 0. The van der Waals surface area contributed by atoms with Crippen molar-refractivity contribution in [1.82, 2.24) is 4.90 Å². The molecule has 5 nitrogen and oxygen atoms in total. The second-order valence-corrected chi connectivity index (χ2v) is 8.22. The number of aryl methyl sites for hydroxylation is 2. The van der Waals surface area contributed by atoms with Crippen LogP contribution in [-0.4, -0.2) is 29.3 Å². The summed E-state index contributed by atoms with van der Waals surface area (Å²) in [7, 11) is 0. The van der Waals surface area contributed by atoms with Gasteiger partial charge in [0.2, 0.25) is 0 Å². The van der Waals surface area contributed by atoms with Crippen LogP contribution in [0.1, 0.15) is 42.2 Å². The quantitative estimate of drug-likeness (QED) is 0.490. The number of nitrogens with zero attached hydrogens (tertiary/aromatic N) is 2. The van der Waals surface area contributed by atoms with Crippen molar-refractivity contribution in [2.24, 2.45) is 0 Å². The van der Waals surface area contributed by atoms with Gasteiger partial charge < -0.3 is 0 Å². The summed E-state index contributed by atoms with van der Waals surface area (Å²) in [4.78, 5) is 41.8. The van der Waals surface area contributed by atoms with E-state index in [0.717, 1.165) is 16.0 Å². The van der Waals surface area contributed by atoms with E-state index in [1.54, 1.807) is 36.4 Å². The Labute approximate surface area is 189 Å². The molecule has 0 aliphatic carbocycles. The summed E-state index contributed by atoms with van der Waals surface area (Å²) in [5.74, 6) is -1.32. The molecular formula is C24H18Cl2N2O3. The van der Waals surface area contributed by atoms with Crippen molar-refractivity contribution in [2.45, 2.75) is 13.8 Å². The van der Waals surface area contributed by atoms with Crippen molar-refractivity contribution in [2.75, 3.05) is 11.6 Å². The molecular weight excluding hydrogens is 435 g/mol. The summed E-state index contributed by atoms with van der Waals surface area (Å²) >= 11 is 12.3. The van der Waals surface area contributed by atoms with Crippen molar-refractivity contribution in [3.05, 3.63) is 98.5 Å². The molecule has 156 valence electrons. The Bertz CT molecular complexity index is 1200. The topological polar surface area (TPSA) is 57.7 Å². The Morgan fingerprint density at radius 2 is 1.55 bits per heavy atom. The fraction of sp³-hybridized carbons (Fsp3) is 0.125. The molecule has 0 fully saturated rings. The Hall–Kier alpha value is -3.15. The van der Waals surface area contributed by atoms with Gasteiger partial charge in [-0.15, -0.1) is 0 Å². The highest BCUT2D eigenvalue weighted by molar-refractivity contribution is 6.37. The highest BCUT2D eigenvalue weighted by Gasteiger charge is 2.37. The third-order valence-electron chi connectivity index (χ3n) is 5.21. The number of carbonyl (C=O) groups is 3. The number of rotatable bonds is 4. The first-order valence-corrected chi connectivity index (χ1v) is 10.3. The zero-order valence-electron chi connectivity index (χ0n) is 16.9. The standard InChI is InChI=1S/C24H18Cl2N2O3/c1-14-7-10-21(15(2)11-14)27(24(31)19-9-8-16(25)12-20(19)26)13-28-22(29)17-5-3-4-6-18(17)23(28)30/h3-12H,13H2,1-2H3. The van der Waals surface area contributed by atoms with E-state index in [9.17, 15) is 14.4 Å². The zero-order valence-corrected chi connectivity index (χ0v) is 18.4. The van der Waals surface area contributed by atoms with Gasteiger partial charge in [0, 0.05) is 10.7 Å². The van der Waals surface area contributed by atoms with E-state index in [2.05, 4.69) is 0 Å². The van der Waals surface area contributed by atoms with Gasteiger partial charge in [0.1, 0.15) is 6.67 Å². The number of amides is 3. The highest BCUT2D eigenvalue weighted by Crippen LogP contribution is 2.30. The number of anilines is 1. The van der Waals surface area contributed by atoms with Crippen LogP contribution in [0.4, 0.5) is 5.69 Å². The van der Waals surface area contributed by atoms with Crippen LogP contribution in [0.25, 0.3) is 0 Å². The number of benzene rings is 3. The molecule has 3 aromatic rings. The van der Waals surface area contributed by atoms with Gasteiger partial charge in [-0.25, -0.2) is 0 Å². The lowest BCUT2D eigenvalue weighted by Crippen LogP contribution is -2.44. The van der Waals surface area contributed by atoms with Crippen LogP contribution in [-0.2, 0) is 0 Å². The smallest absolute Gasteiger partial charge is 0.263 e. The zero-order chi connectivity index (χ0) is 22.3. The van der Waals surface area contributed by atoms with Gasteiger partial charge >= 0.3 is 0 Å². The summed E-state index contributed by atoms with van der Waals surface area (Å²) in [5.41, 5.74) is 3.31. The average molecular weight is 453 g/mol. The van der Waals surface area contributed by atoms with E-state index in [0.29, 0.717) is 21.8 Å². The maximum atomic E-state index is 13.5. The lowest BCUT2D eigenvalue weighted by atomic mass is 10.1. The van der Waals surface area contributed by atoms with Crippen LogP contribution in [0, 0.1) is 13.8 Å². The van der Waals surface area contributed by atoms with Gasteiger partial charge in [-0.1, -0.05) is 53.0 Å². The molecule has 0 bridgehead atoms. The van der Waals surface area contributed by atoms with Gasteiger partial charge in [-0.2, -0.15) is 0 Å². The predicted octanol–water partition coefficient (Wildman–Crippen LogP) is 5.51. The Balaban J connectivity index is 1.77. The Kier molecular flexibility index (Phi) is 5.56. The van der Waals surface area contributed by atoms with Crippen molar-refractivity contribution in [3.63, 3.8) is 0 Å². The summed E-state index contributed by atoms with van der Waals surface area (Å²) in [6.45, 7) is 3.58. The molecule has 1 aliphatic rings. The molecule has 0 spiro atoms. The van der Waals surface area contributed by atoms with Crippen LogP contribution in [0.5, 0.6) is 0 Å². The number of halogens is 2. The predicted molar refractivity (Wildman–Crippen MR) is 121 cm³/mol. The van der Waals surface area contributed by atoms with Crippen LogP contribution in [0.3, 0.4) is 0 Å². The first-order chi connectivity index (χ1) is 14.8. The molecule has 7 heteroatoms. The largest absolute Gasteiger partial charge is 0.289 e. The van der Waals surface area contributed by atoms with Gasteiger partial charge in [0.05, 0.1) is 21.7 Å². The first-order valence-electron chi connectivity index (χ1n) is 9.57. The Morgan fingerprint density at radius 3 is 2.13 bits per heavy atom. The maximum absolute atomic E-state index is 13.5. The summed E-state index contributed by atoms with van der Waals surface area (Å²) in [5, 5.41) is 0.592. The molecule has 0 saturated carbocycles. The molecule has 4 rings (SSSR count). The lowest BCUT2D eigenvalue weighted by Gasteiger charge is -2.29. The van der Waals surface area contributed by atoms with Gasteiger partial charge in [0.15, 0.2) is 0 Å². The number of carbonyl (C=O) groups excluding carboxylic acids is 3. The van der Waals surface area contributed by atoms with E-state index in [1.165, 1.54) is 17.0 Å². The average Bonchev–Trinajstić information content (AvgIpc) is 2.97. The van der Waals surface area contributed by atoms with Crippen molar-refractivity contribution < 1.29 is 14.4 Å². The molecule has 3 amide bonds. The molecule has 0 radical (unpaired) electrons. The van der Waals surface area contributed by atoms with Crippen LogP contribution in [0.2, 0.25) is 10.0 Å². The molecule has 0 unspecified atom stereocenters. The van der Waals surface area contributed by atoms with E-state index in [4.69, 9.17) is 23.2 Å². The fourth-order valence-corrected chi connectivity index (χ4v) is 4.16. The molecule has 3 aromatic carbocycles. The normalized spacial score (nSPS) is 12.8. The molecule has 0 aromatic heterocycles. The first kappa shape index (κ1) is 21.1. The van der Waals surface area contributed by atoms with Crippen molar-refractivity contribution >= 4 is 46.6 Å². The highest BCUT2D eigenvalue weighted by atomic mass is 35.5. The second-order valence-electron chi connectivity index (χ2n) is 7.37. The SMILES string of the molecule is Cc1ccc(N(CN2C(=O)c3ccccc3C2=O)C(=O)c2ccc(Cl)cc2Cl)c(C)c1. The van der Waals surface area contributed by atoms with E-state index >= 15 is 0 Å². The number of hydrogen-bond donors (Lipinski definition) is 0. The van der Waals surface area contributed by atoms with Crippen LogP contribution >= 0.6 is 23.2 Å². The third-order valence-corrected chi connectivity index (χ3v) is 5.76. The van der Waals surface area contributed by atoms with Gasteiger partial charge in [0.25, 0.3) is 17.7 Å². The molecule has 31 heavy (non-hydrogen) atoms. The lowest BCUT2D eigenvalue weighted by molar-refractivity contribution is 0.0650. The van der Waals surface area contributed by atoms with Gasteiger partial charge in [-0.3, -0.25) is 24.2 Å². The molecule has 0 atom stereocenters. The Morgan fingerprint density at radius 1 is 0.903 bits per heavy atom. The van der Waals surface area contributed by atoms with E-state index in [-0.39, 0.29) is 17.3 Å². The van der Waals surface area contributed by atoms with Crippen LogP contribution < -0.4 is 4.90 Å². The van der Waals surface area contributed by atoms with E-state index in [1.807, 2.05) is 26.0 Å². The van der Waals surface area contributed by atoms with Crippen LogP contribution in [0.15, 0.2) is 60.7 Å². The third kappa shape index (κ3) is 3.82. The number of hydrogen-bond acceptors (Lipinski definition) is 3. The van der Waals surface area contributed by atoms with Crippen molar-refractivity contribution in [3.8, 4) is 0 Å². The van der Waals surface area contributed by atoms with Gasteiger partial charge in [-0.05, 0) is 55.8 Å². The summed E-state index contributed by atoms with van der Waals surface area (Å²) < 4.78 is 0. The minimum atomic E-state index is -0.440. The molecule has 0 N–H and O–H groups in total. The fourth-order valence-electron chi connectivity index (χ4n) is 3.68. The molecule has 1 aliphatic heterocycles. The number of imide groups is 1. The monoisotopic (exact) mass is 452 g/mol. The second kappa shape index (κ2) is 8.17. The summed E-state index contributed by atoms with van der Waals surface area (Å²) in [6, 6.07) is 16.8. The maximum Gasteiger partial charge on any atom is 0.263 e. The minimum absolute atomic E-state index is 0.189. The molecule has 1 heterocycles.